The fraction of sp³-hybridized carbons (Fsp3) is 0. The van der Waals surface area contributed by atoms with Crippen LogP contribution in [0.25, 0.3) is 0 Å². The van der Waals surface area contributed by atoms with Crippen LogP contribution in [0.1, 0.15) is 0 Å². The summed E-state index contributed by atoms with van der Waals surface area (Å²) >= 11 is 0. The van der Waals surface area contributed by atoms with Crippen molar-refractivity contribution in [1.82, 2.24) is 6.15 Å². The van der Waals surface area contributed by atoms with Gasteiger partial charge in [0.25, 0.3) is 0 Å². The molecule has 0 aliphatic rings. The molecule has 0 aliphatic heterocycles. The molecular weight excluding hydrogens is 89.0 g/mol. The molecule has 0 bridgehead atoms. The predicted octanol–water partition coefficient (Wildman–Crippen LogP) is -0.363. The smallest absolute Gasteiger partial charge is 0.344 e. The van der Waals surface area contributed by atoms with Gasteiger partial charge >= 0.3 is 6.15 Å². The van der Waals surface area contributed by atoms with Crippen LogP contribution in [0.15, 0.2) is 0 Å². The van der Waals surface area contributed by atoms with E-state index in [4.69, 9.17) is 9.59 Å². The first kappa shape index (κ1) is 21.6. The highest BCUT2D eigenvalue weighted by Crippen LogP contribution is 0.861. The SMILES string of the molecule is N.O=C=O.P. The molecule has 3 nitrogen and oxygen atoms in total. The first-order valence-corrected chi connectivity index (χ1v) is 0.408. The van der Waals surface area contributed by atoms with Crippen LogP contribution in [0.2, 0.25) is 0 Å². The molecule has 4 heteroatoms. The van der Waals surface area contributed by atoms with Crippen LogP contribution in [-0.2, 0) is 9.59 Å². The zero-order valence-corrected chi connectivity index (χ0v) is 4.14. The summed E-state index contributed by atoms with van der Waals surface area (Å²) < 4.78 is 0. The summed E-state index contributed by atoms with van der Waals surface area (Å²) in [5.74, 6) is 0. The monoisotopic (exact) mass is 95.0 g/mol. The van der Waals surface area contributed by atoms with Crippen LogP contribution >= 0.6 is 9.90 Å². The van der Waals surface area contributed by atoms with Gasteiger partial charge in [0.2, 0.25) is 0 Å². The number of carbonyl (C=O) groups excluding carboxylic acids is 2. The molecule has 0 amide bonds. The summed E-state index contributed by atoms with van der Waals surface area (Å²) in [4.78, 5) is 16.2. The Kier molecular flexibility index (Phi) is 211. The maximum absolute atomic E-state index is 8.12. The van der Waals surface area contributed by atoms with Gasteiger partial charge in [-0.1, -0.05) is 0 Å². The Balaban J connectivity index is -0.0000000200. The predicted molar refractivity (Wildman–Crippen MR) is 21.1 cm³/mol. The maximum atomic E-state index is 8.12. The van der Waals surface area contributed by atoms with Gasteiger partial charge in [0.15, 0.2) is 0 Å². The summed E-state index contributed by atoms with van der Waals surface area (Å²) in [6.07, 6.45) is 0.250. The minimum atomic E-state index is 0. The molecule has 0 aromatic rings. The van der Waals surface area contributed by atoms with Crippen LogP contribution in [0.5, 0.6) is 0 Å². The Morgan fingerprint density at radius 3 is 1.20 bits per heavy atom. The molecule has 0 fully saturated rings. The van der Waals surface area contributed by atoms with Crippen LogP contribution in [-0.4, -0.2) is 6.15 Å². The molecule has 0 spiro atoms. The second kappa shape index (κ2) is 48.8. The Labute approximate surface area is 32.9 Å². The van der Waals surface area contributed by atoms with Gasteiger partial charge < -0.3 is 6.15 Å². The Morgan fingerprint density at radius 2 is 1.20 bits per heavy atom. The van der Waals surface area contributed by atoms with Gasteiger partial charge in [0.1, 0.15) is 0 Å². The minimum Gasteiger partial charge on any atom is -0.344 e. The summed E-state index contributed by atoms with van der Waals surface area (Å²) in [7, 11) is 0. The zero-order chi connectivity index (χ0) is 2.71. The van der Waals surface area contributed by atoms with E-state index in [1.54, 1.807) is 0 Å². The molecular formula is CH6NO2P. The molecule has 5 heavy (non-hydrogen) atoms. The Morgan fingerprint density at radius 1 is 1.20 bits per heavy atom. The number of hydrogen-bond acceptors (Lipinski definition) is 3. The molecule has 0 heterocycles. The van der Waals surface area contributed by atoms with Crippen molar-refractivity contribution in [3.8, 4) is 0 Å². The first-order valence-electron chi connectivity index (χ1n) is 0.408. The van der Waals surface area contributed by atoms with Gasteiger partial charge in [-0.05, 0) is 0 Å². The maximum Gasteiger partial charge on any atom is 0.373 e. The molecule has 0 radical (unpaired) electrons. The molecule has 0 aliphatic carbocycles. The topological polar surface area (TPSA) is 69.1 Å². The van der Waals surface area contributed by atoms with E-state index in [1.165, 1.54) is 0 Å². The summed E-state index contributed by atoms with van der Waals surface area (Å²) in [5, 5.41) is 0. The summed E-state index contributed by atoms with van der Waals surface area (Å²) in [6.45, 7) is 0. The van der Waals surface area contributed by atoms with Gasteiger partial charge in [-0.3, -0.25) is 0 Å². The number of hydrogen-bond donors (Lipinski definition) is 1. The Bertz CT molecular complexity index is 30.6. The fourth-order valence-corrected chi connectivity index (χ4v) is 0. The lowest BCUT2D eigenvalue weighted by molar-refractivity contribution is -0.191. The van der Waals surface area contributed by atoms with Crippen LogP contribution in [0.3, 0.4) is 0 Å². The lowest BCUT2D eigenvalue weighted by Gasteiger charge is -0.945. The van der Waals surface area contributed by atoms with Gasteiger partial charge in [0, 0.05) is 0 Å². The fourth-order valence-electron chi connectivity index (χ4n) is 0. The van der Waals surface area contributed by atoms with E-state index in [1.807, 2.05) is 0 Å². The number of rotatable bonds is 0. The quantitative estimate of drug-likeness (QED) is 0.417. The van der Waals surface area contributed by atoms with Gasteiger partial charge in [0.05, 0.1) is 0 Å². The van der Waals surface area contributed by atoms with Gasteiger partial charge in [-0.15, -0.1) is 0 Å². The summed E-state index contributed by atoms with van der Waals surface area (Å²) in [6, 6.07) is 0. The van der Waals surface area contributed by atoms with Crippen LogP contribution in [0.4, 0.5) is 0 Å². The first-order chi connectivity index (χ1) is 1.41. The van der Waals surface area contributed by atoms with E-state index in [2.05, 4.69) is 0 Å². The highest BCUT2D eigenvalue weighted by atomic mass is 31.0. The van der Waals surface area contributed by atoms with E-state index >= 15 is 0 Å². The lowest BCUT2D eigenvalue weighted by atomic mass is 11.8. The largest absolute Gasteiger partial charge is 0.373 e. The second-order valence-electron chi connectivity index (χ2n) is 0.0833. The van der Waals surface area contributed by atoms with Crippen molar-refractivity contribution >= 4 is 16.1 Å². The third kappa shape index (κ3) is 223. The zero-order valence-electron chi connectivity index (χ0n) is 2.73. The van der Waals surface area contributed by atoms with Crippen molar-refractivity contribution < 1.29 is 9.59 Å². The third-order valence-electron chi connectivity index (χ3n) is 0. The second-order valence-corrected chi connectivity index (χ2v) is 0.0833. The van der Waals surface area contributed by atoms with Gasteiger partial charge in [-0.25, -0.2) is 0 Å². The van der Waals surface area contributed by atoms with E-state index in [0.717, 1.165) is 0 Å². The molecule has 1 atom stereocenters. The average Bonchev–Trinajstić information content (AvgIpc) is 0.918. The molecule has 0 saturated carbocycles. The van der Waals surface area contributed by atoms with Crippen LogP contribution in [0, 0.1) is 0 Å². The highest BCUT2D eigenvalue weighted by molar-refractivity contribution is 6.92. The molecule has 1 unspecified atom stereocenters. The third-order valence-corrected chi connectivity index (χ3v) is 0. The molecule has 0 aromatic heterocycles. The van der Waals surface area contributed by atoms with Gasteiger partial charge in [-0.2, -0.15) is 19.5 Å². The van der Waals surface area contributed by atoms with Crippen molar-refractivity contribution in [3.05, 3.63) is 0 Å². The molecule has 3 N–H and O–H groups in total. The molecule has 0 aromatic carbocycles. The van der Waals surface area contributed by atoms with E-state index in [-0.39, 0.29) is 22.2 Å². The van der Waals surface area contributed by atoms with E-state index < -0.39 is 0 Å². The van der Waals surface area contributed by atoms with E-state index in [0.29, 0.717) is 0 Å². The normalized spacial score (nSPS) is 1.60. The average molecular weight is 95.0 g/mol. The molecule has 0 rings (SSSR count). The van der Waals surface area contributed by atoms with E-state index in [9.17, 15) is 0 Å². The standard InChI is InChI=1S/CO2.H3N.H3P/c2-1-3;;/h;2*1H3. The van der Waals surface area contributed by atoms with Crippen molar-refractivity contribution in [3.63, 3.8) is 0 Å². The van der Waals surface area contributed by atoms with Crippen molar-refractivity contribution in [2.45, 2.75) is 0 Å². The Hall–Kier alpha value is -0.230. The van der Waals surface area contributed by atoms with Crippen molar-refractivity contribution in [2.24, 2.45) is 0 Å². The minimum absolute atomic E-state index is 0. The van der Waals surface area contributed by atoms with Crippen molar-refractivity contribution in [2.75, 3.05) is 0 Å². The summed E-state index contributed by atoms with van der Waals surface area (Å²) in [5.41, 5.74) is 0. The lowest BCUT2D eigenvalue weighted by Crippen LogP contribution is -1.22. The van der Waals surface area contributed by atoms with Crippen LogP contribution < -0.4 is 6.15 Å². The van der Waals surface area contributed by atoms with Crippen molar-refractivity contribution in [1.29, 1.82) is 0 Å². The molecule has 32 valence electrons. The molecule has 0 saturated heterocycles. The highest BCUT2D eigenvalue weighted by Gasteiger charge is 1.13.